The Morgan fingerprint density at radius 3 is 2.39 bits per heavy atom. The van der Waals surface area contributed by atoms with E-state index in [1.54, 1.807) is 24.1 Å². The first-order valence-electron chi connectivity index (χ1n) is 12.0. The Kier molecular flexibility index (Phi) is 8.08. The van der Waals surface area contributed by atoms with Crippen LogP contribution in [0, 0.1) is 0 Å². The Labute approximate surface area is 216 Å². The van der Waals surface area contributed by atoms with E-state index in [1.807, 2.05) is 74.8 Å². The van der Waals surface area contributed by atoms with E-state index in [4.69, 9.17) is 16.6 Å². The number of nitrogens with one attached hydrogen (secondary N) is 1. The van der Waals surface area contributed by atoms with Gasteiger partial charge in [-0.25, -0.2) is 4.99 Å². The predicted octanol–water partition coefficient (Wildman–Crippen LogP) is 6.39. The average Bonchev–Trinajstić information content (AvgIpc) is 3.19. The summed E-state index contributed by atoms with van der Waals surface area (Å²) in [7, 11) is 5.88. The standard InChI is InChI=1S/C29H31ClN4O2/c1-33(2)18-8-7-11-26(35)34(3)23-15-13-22(14-16-23)31-28(20-9-5-4-6-10-20)27-24-17-12-21(30)19-25(24)32-29(27)36/h4-6,9-10,12-17,19,32,36H,7-8,11,18H2,1-3H3. The third-order valence-corrected chi connectivity index (χ3v) is 6.36. The number of nitrogens with zero attached hydrogens (tertiary/aromatic N) is 3. The van der Waals surface area contributed by atoms with Gasteiger partial charge in [-0.2, -0.15) is 0 Å². The lowest BCUT2D eigenvalue weighted by Crippen LogP contribution is -2.26. The monoisotopic (exact) mass is 502 g/mol. The molecule has 0 radical (unpaired) electrons. The van der Waals surface area contributed by atoms with Gasteiger partial charge in [-0.05, 0) is 69.9 Å². The number of aromatic hydroxyl groups is 1. The number of halogens is 1. The maximum Gasteiger partial charge on any atom is 0.226 e. The van der Waals surface area contributed by atoms with Gasteiger partial charge in [0.2, 0.25) is 5.91 Å². The summed E-state index contributed by atoms with van der Waals surface area (Å²) in [5.41, 5.74) is 4.39. The third kappa shape index (κ3) is 5.96. The zero-order chi connectivity index (χ0) is 25.7. The molecule has 0 fully saturated rings. The fourth-order valence-corrected chi connectivity index (χ4v) is 4.32. The topological polar surface area (TPSA) is 71.9 Å². The van der Waals surface area contributed by atoms with Crippen molar-refractivity contribution < 1.29 is 9.90 Å². The second kappa shape index (κ2) is 11.4. The molecule has 4 rings (SSSR count). The van der Waals surface area contributed by atoms with E-state index in [0.29, 0.717) is 28.4 Å². The van der Waals surface area contributed by atoms with E-state index in [2.05, 4.69) is 9.88 Å². The van der Waals surface area contributed by atoms with Crippen molar-refractivity contribution in [3.05, 3.63) is 88.9 Å². The van der Waals surface area contributed by atoms with Crippen LogP contribution in [-0.4, -0.2) is 54.3 Å². The fourth-order valence-electron chi connectivity index (χ4n) is 4.15. The molecule has 0 aliphatic rings. The van der Waals surface area contributed by atoms with E-state index in [1.165, 1.54) is 0 Å². The first-order chi connectivity index (χ1) is 17.3. The highest BCUT2D eigenvalue weighted by Crippen LogP contribution is 2.33. The van der Waals surface area contributed by atoms with Crippen LogP contribution in [0.3, 0.4) is 0 Å². The summed E-state index contributed by atoms with van der Waals surface area (Å²) in [6.07, 6.45) is 2.38. The number of aromatic amines is 1. The van der Waals surface area contributed by atoms with Crippen molar-refractivity contribution in [3.8, 4) is 5.88 Å². The summed E-state index contributed by atoms with van der Waals surface area (Å²) in [5, 5.41) is 12.2. The van der Waals surface area contributed by atoms with Gasteiger partial charge in [0.25, 0.3) is 0 Å². The first-order valence-corrected chi connectivity index (χ1v) is 12.4. The highest BCUT2D eigenvalue weighted by Gasteiger charge is 2.19. The number of amides is 1. The van der Waals surface area contributed by atoms with Crippen LogP contribution in [0.1, 0.15) is 30.4 Å². The minimum atomic E-state index is 0.0334. The van der Waals surface area contributed by atoms with Crippen molar-refractivity contribution in [3.63, 3.8) is 0 Å². The lowest BCUT2D eigenvalue weighted by Gasteiger charge is -2.18. The molecule has 7 heteroatoms. The van der Waals surface area contributed by atoms with Crippen molar-refractivity contribution in [2.75, 3.05) is 32.6 Å². The number of aromatic nitrogens is 1. The molecule has 186 valence electrons. The summed E-state index contributed by atoms with van der Waals surface area (Å²) in [4.78, 5) is 24.4. The summed E-state index contributed by atoms with van der Waals surface area (Å²) >= 11 is 6.16. The molecule has 2 N–H and O–H groups in total. The second-order valence-electron chi connectivity index (χ2n) is 9.09. The van der Waals surface area contributed by atoms with Crippen LogP contribution in [0.4, 0.5) is 11.4 Å². The number of anilines is 1. The van der Waals surface area contributed by atoms with E-state index in [9.17, 15) is 9.90 Å². The smallest absolute Gasteiger partial charge is 0.226 e. The largest absolute Gasteiger partial charge is 0.494 e. The summed E-state index contributed by atoms with van der Waals surface area (Å²) in [5.74, 6) is 0.128. The van der Waals surface area contributed by atoms with Crippen LogP contribution in [0.5, 0.6) is 5.88 Å². The molecule has 4 aromatic rings. The van der Waals surface area contributed by atoms with Gasteiger partial charge in [0, 0.05) is 35.1 Å². The molecular formula is C29H31ClN4O2. The van der Waals surface area contributed by atoms with Gasteiger partial charge in [0.05, 0.1) is 22.5 Å². The Morgan fingerprint density at radius 2 is 1.69 bits per heavy atom. The molecule has 1 amide bonds. The number of H-pyrrole nitrogens is 1. The van der Waals surface area contributed by atoms with Crippen LogP contribution < -0.4 is 4.90 Å². The van der Waals surface area contributed by atoms with Crippen molar-refractivity contribution >= 4 is 45.5 Å². The Balaban J connectivity index is 1.62. The molecule has 1 heterocycles. The minimum absolute atomic E-state index is 0.0334. The van der Waals surface area contributed by atoms with Gasteiger partial charge in [-0.1, -0.05) is 48.0 Å². The van der Waals surface area contributed by atoms with Gasteiger partial charge in [0.15, 0.2) is 5.88 Å². The van der Waals surface area contributed by atoms with Crippen LogP contribution in [-0.2, 0) is 4.79 Å². The zero-order valence-electron chi connectivity index (χ0n) is 20.8. The van der Waals surface area contributed by atoms with Gasteiger partial charge < -0.3 is 19.9 Å². The molecule has 0 saturated carbocycles. The number of carbonyl (C=O) groups excluding carboxylic acids is 1. The van der Waals surface area contributed by atoms with Gasteiger partial charge in [-0.15, -0.1) is 0 Å². The number of fused-ring (bicyclic) bond motifs is 1. The van der Waals surface area contributed by atoms with Gasteiger partial charge >= 0.3 is 0 Å². The first kappa shape index (κ1) is 25.5. The highest BCUT2D eigenvalue weighted by molar-refractivity contribution is 6.31. The summed E-state index contributed by atoms with van der Waals surface area (Å²) < 4.78 is 0. The molecule has 0 aliphatic heterocycles. The van der Waals surface area contributed by atoms with Crippen LogP contribution in [0.25, 0.3) is 10.9 Å². The summed E-state index contributed by atoms with van der Waals surface area (Å²) in [6, 6.07) is 22.8. The van der Waals surface area contributed by atoms with Crippen molar-refractivity contribution in [1.29, 1.82) is 0 Å². The van der Waals surface area contributed by atoms with Crippen LogP contribution >= 0.6 is 11.6 Å². The number of hydrogen-bond donors (Lipinski definition) is 2. The maximum atomic E-state index is 12.6. The number of rotatable bonds is 9. The lowest BCUT2D eigenvalue weighted by atomic mass is 10.0. The molecule has 0 atom stereocenters. The molecule has 0 saturated heterocycles. The second-order valence-corrected chi connectivity index (χ2v) is 9.53. The molecule has 0 unspecified atom stereocenters. The maximum absolute atomic E-state index is 12.6. The predicted molar refractivity (Wildman–Crippen MR) is 149 cm³/mol. The molecule has 0 aliphatic carbocycles. The Bertz CT molecular complexity index is 1360. The lowest BCUT2D eigenvalue weighted by molar-refractivity contribution is -0.118. The zero-order valence-corrected chi connectivity index (χ0v) is 21.6. The molecule has 1 aromatic heterocycles. The normalized spacial score (nSPS) is 11.9. The van der Waals surface area contributed by atoms with Gasteiger partial charge in [-0.3, -0.25) is 4.79 Å². The highest BCUT2D eigenvalue weighted by atomic mass is 35.5. The number of unbranched alkanes of at least 4 members (excludes halogenated alkanes) is 1. The van der Waals surface area contributed by atoms with E-state index >= 15 is 0 Å². The SMILES string of the molecule is CN(C)CCCCC(=O)N(C)c1ccc(N=C(c2ccccc2)c2c(O)[nH]c3cc(Cl)ccc23)cc1. The van der Waals surface area contributed by atoms with E-state index in [-0.39, 0.29) is 11.8 Å². The number of aliphatic imine (C=N–C) groups is 1. The quantitative estimate of drug-likeness (QED) is 0.206. The Morgan fingerprint density at radius 1 is 0.972 bits per heavy atom. The molecule has 36 heavy (non-hydrogen) atoms. The number of carbonyl (C=O) groups is 1. The van der Waals surface area contributed by atoms with Crippen LogP contribution in [0.2, 0.25) is 5.02 Å². The van der Waals surface area contributed by atoms with E-state index < -0.39 is 0 Å². The number of hydrogen-bond acceptors (Lipinski definition) is 4. The molecule has 6 nitrogen and oxygen atoms in total. The average molecular weight is 503 g/mol. The summed E-state index contributed by atoms with van der Waals surface area (Å²) in [6.45, 7) is 0.979. The molecule has 3 aromatic carbocycles. The van der Waals surface area contributed by atoms with Crippen LogP contribution in [0.15, 0.2) is 77.8 Å². The van der Waals surface area contributed by atoms with Crippen molar-refractivity contribution in [2.24, 2.45) is 4.99 Å². The molecule has 0 spiro atoms. The molecule has 0 bridgehead atoms. The third-order valence-electron chi connectivity index (χ3n) is 6.12. The number of benzene rings is 3. The van der Waals surface area contributed by atoms with Crippen molar-refractivity contribution in [2.45, 2.75) is 19.3 Å². The van der Waals surface area contributed by atoms with Crippen molar-refractivity contribution in [1.82, 2.24) is 9.88 Å². The fraction of sp³-hybridized carbons (Fsp3) is 0.241. The minimum Gasteiger partial charge on any atom is -0.494 e. The molecular weight excluding hydrogens is 472 g/mol. The Hall–Kier alpha value is -3.61. The van der Waals surface area contributed by atoms with E-state index in [0.717, 1.165) is 41.5 Å². The van der Waals surface area contributed by atoms with Gasteiger partial charge in [0.1, 0.15) is 0 Å².